The maximum atomic E-state index is 11.1. The lowest BCUT2D eigenvalue weighted by atomic mass is 10.3. The fourth-order valence-corrected chi connectivity index (χ4v) is 1.40. The van der Waals surface area contributed by atoms with Gasteiger partial charge in [-0.2, -0.15) is 0 Å². The Morgan fingerprint density at radius 3 is 2.64 bits per heavy atom. The number of amides is 2. The fraction of sp³-hybridized carbons (Fsp3) is 0.750. The molecule has 14 heavy (non-hydrogen) atoms. The van der Waals surface area contributed by atoms with Crippen LogP contribution >= 0.6 is 0 Å². The lowest BCUT2D eigenvalue weighted by Crippen LogP contribution is -2.38. The van der Waals surface area contributed by atoms with Crippen molar-refractivity contribution < 1.29 is 19.1 Å². The third-order valence-corrected chi connectivity index (χ3v) is 2.13. The first-order chi connectivity index (χ1) is 6.67. The molecule has 0 bridgehead atoms. The number of carbonyl (C=O) groups is 2. The maximum absolute atomic E-state index is 11.1. The second-order valence-electron chi connectivity index (χ2n) is 3.04. The van der Waals surface area contributed by atoms with Gasteiger partial charge < -0.3 is 19.7 Å². The lowest BCUT2D eigenvalue weighted by Gasteiger charge is -2.14. The molecule has 0 spiro atoms. The third kappa shape index (κ3) is 2.51. The minimum Gasteiger partial charge on any atom is -0.453 e. The van der Waals surface area contributed by atoms with Crippen LogP contribution < -0.4 is 5.32 Å². The number of alkyl carbamates (subject to hydrolysis) is 1. The van der Waals surface area contributed by atoms with E-state index in [0.29, 0.717) is 13.1 Å². The first kappa shape index (κ1) is 10.6. The average Bonchev–Trinajstić information content (AvgIpc) is 2.65. The summed E-state index contributed by atoms with van der Waals surface area (Å²) < 4.78 is 9.01. The Hall–Kier alpha value is -1.46. The van der Waals surface area contributed by atoms with Crippen LogP contribution in [0.3, 0.4) is 0 Å². The van der Waals surface area contributed by atoms with E-state index in [0.717, 1.165) is 6.42 Å². The van der Waals surface area contributed by atoms with Crippen LogP contribution in [0.1, 0.15) is 6.42 Å². The van der Waals surface area contributed by atoms with Crippen LogP contribution in [0.15, 0.2) is 0 Å². The zero-order chi connectivity index (χ0) is 10.6. The summed E-state index contributed by atoms with van der Waals surface area (Å²) in [5.74, 6) is 0. The van der Waals surface area contributed by atoms with Gasteiger partial charge in [-0.1, -0.05) is 0 Å². The summed E-state index contributed by atoms with van der Waals surface area (Å²) >= 11 is 0. The molecule has 0 aromatic heterocycles. The highest BCUT2D eigenvalue weighted by molar-refractivity contribution is 5.69. The molecule has 1 unspecified atom stereocenters. The number of nitrogens with one attached hydrogen (secondary N) is 1. The predicted octanol–water partition coefficient (Wildman–Crippen LogP) is 0.183. The van der Waals surface area contributed by atoms with E-state index in [1.165, 1.54) is 14.2 Å². The second kappa shape index (κ2) is 4.69. The van der Waals surface area contributed by atoms with Crippen molar-refractivity contribution in [3.63, 3.8) is 0 Å². The van der Waals surface area contributed by atoms with Gasteiger partial charge in [0, 0.05) is 13.1 Å². The van der Waals surface area contributed by atoms with Gasteiger partial charge in [0.1, 0.15) is 0 Å². The number of hydrogen-bond acceptors (Lipinski definition) is 4. The summed E-state index contributed by atoms with van der Waals surface area (Å²) in [6.07, 6.45) is -0.106. The van der Waals surface area contributed by atoms with Crippen molar-refractivity contribution in [1.82, 2.24) is 10.2 Å². The number of carbonyl (C=O) groups excluding carboxylic acids is 2. The van der Waals surface area contributed by atoms with Gasteiger partial charge >= 0.3 is 12.2 Å². The lowest BCUT2D eigenvalue weighted by molar-refractivity contribution is 0.131. The Balaban J connectivity index is 2.34. The zero-order valence-corrected chi connectivity index (χ0v) is 8.28. The summed E-state index contributed by atoms with van der Waals surface area (Å²) in [5.41, 5.74) is 0. The monoisotopic (exact) mass is 202 g/mol. The quantitative estimate of drug-likeness (QED) is 0.658. The molecule has 1 heterocycles. The van der Waals surface area contributed by atoms with Crippen molar-refractivity contribution in [1.29, 1.82) is 0 Å². The smallest absolute Gasteiger partial charge is 0.409 e. The molecule has 80 valence electrons. The molecule has 1 aliphatic rings. The van der Waals surface area contributed by atoms with E-state index in [4.69, 9.17) is 0 Å². The highest BCUT2D eigenvalue weighted by atomic mass is 16.5. The Kier molecular flexibility index (Phi) is 3.55. The molecule has 6 heteroatoms. The maximum Gasteiger partial charge on any atom is 0.409 e. The van der Waals surface area contributed by atoms with Crippen molar-refractivity contribution in [3.8, 4) is 0 Å². The van der Waals surface area contributed by atoms with E-state index in [-0.39, 0.29) is 12.1 Å². The van der Waals surface area contributed by atoms with Gasteiger partial charge in [0.2, 0.25) is 0 Å². The number of likely N-dealkylation sites (tertiary alicyclic amines) is 1. The number of ether oxygens (including phenoxy) is 2. The van der Waals surface area contributed by atoms with Gasteiger partial charge in [-0.25, -0.2) is 9.59 Å². The van der Waals surface area contributed by atoms with Crippen molar-refractivity contribution in [3.05, 3.63) is 0 Å². The van der Waals surface area contributed by atoms with E-state index < -0.39 is 6.09 Å². The predicted molar refractivity (Wildman–Crippen MR) is 47.9 cm³/mol. The SMILES string of the molecule is COC(=O)NC1CCN(C(=O)OC)C1. The standard InChI is InChI=1S/C8H14N2O4/c1-13-7(11)9-6-3-4-10(5-6)8(12)14-2/h6H,3-5H2,1-2H3,(H,9,11). The second-order valence-corrected chi connectivity index (χ2v) is 3.04. The molecular formula is C8H14N2O4. The largest absolute Gasteiger partial charge is 0.453 e. The molecule has 1 saturated heterocycles. The molecule has 0 aromatic rings. The summed E-state index contributed by atoms with van der Waals surface area (Å²) in [5, 5.41) is 2.63. The van der Waals surface area contributed by atoms with Crippen LogP contribution in [0, 0.1) is 0 Å². The zero-order valence-electron chi connectivity index (χ0n) is 8.28. The minimum absolute atomic E-state index is 0.0402. The van der Waals surface area contributed by atoms with Crippen LogP contribution in [0.4, 0.5) is 9.59 Å². The molecule has 1 aliphatic heterocycles. The highest BCUT2D eigenvalue weighted by Crippen LogP contribution is 2.10. The van der Waals surface area contributed by atoms with E-state index in [1.54, 1.807) is 4.90 Å². The van der Waals surface area contributed by atoms with Gasteiger partial charge in [0.25, 0.3) is 0 Å². The van der Waals surface area contributed by atoms with Gasteiger partial charge in [-0.05, 0) is 6.42 Å². The molecule has 2 amide bonds. The van der Waals surface area contributed by atoms with Crippen molar-refractivity contribution in [2.75, 3.05) is 27.3 Å². The Morgan fingerprint density at radius 2 is 2.07 bits per heavy atom. The summed E-state index contributed by atoms with van der Waals surface area (Å²) in [4.78, 5) is 23.5. The molecule has 1 fully saturated rings. The van der Waals surface area contributed by atoms with Crippen molar-refractivity contribution in [2.24, 2.45) is 0 Å². The van der Waals surface area contributed by atoms with Crippen LogP contribution in [-0.2, 0) is 9.47 Å². The normalized spacial score (nSPS) is 20.4. The molecule has 0 radical (unpaired) electrons. The first-order valence-corrected chi connectivity index (χ1v) is 4.34. The minimum atomic E-state index is -0.471. The average molecular weight is 202 g/mol. The Morgan fingerprint density at radius 1 is 1.36 bits per heavy atom. The Labute approximate surface area is 82.1 Å². The number of nitrogens with zero attached hydrogens (tertiary/aromatic N) is 1. The fourth-order valence-electron chi connectivity index (χ4n) is 1.40. The summed E-state index contributed by atoms with van der Waals surface area (Å²) in [7, 11) is 2.64. The molecule has 1 N–H and O–H groups in total. The number of hydrogen-bond donors (Lipinski definition) is 1. The van der Waals surface area contributed by atoms with E-state index >= 15 is 0 Å². The summed E-state index contributed by atoms with van der Waals surface area (Å²) in [6.45, 7) is 1.07. The number of methoxy groups -OCH3 is 2. The topological polar surface area (TPSA) is 67.9 Å². The van der Waals surface area contributed by atoms with E-state index in [2.05, 4.69) is 14.8 Å². The van der Waals surface area contributed by atoms with E-state index in [1.807, 2.05) is 0 Å². The molecule has 0 saturated carbocycles. The van der Waals surface area contributed by atoms with Crippen LogP contribution in [0.5, 0.6) is 0 Å². The van der Waals surface area contributed by atoms with Crippen molar-refractivity contribution >= 4 is 12.2 Å². The third-order valence-electron chi connectivity index (χ3n) is 2.13. The van der Waals surface area contributed by atoms with Gasteiger partial charge in [0.15, 0.2) is 0 Å². The number of rotatable bonds is 1. The van der Waals surface area contributed by atoms with Gasteiger partial charge in [0.05, 0.1) is 20.3 Å². The molecule has 6 nitrogen and oxygen atoms in total. The molecule has 0 aromatic carbocycles. The van der Waals surface area contributed by atoms with Crippen LogP contribution in [0.2, 0.25) is 0 Å². The highest BCUT2D eigenvalue weighted by Gasteiger charge is 2.27. The Bertz CT molecular complexity index is 231. The van der Waals surface area contributed by atoms with E-state index in [9.17, 15) is 9.59 Å². The molecule has 0 aliphatic carbocycles. The van der Waals surface area contributed by atoms with Gasteiger partial charge in [-0.3, -0.25) is 0 Å². The van der Waals surface area contributed by atoms with Crippen LogP contribution in [-0.4, -0.2) is 50.4 Å². The van der Waals surface area contributed by atoms with Crippen LogP contribution in [0.25, 0.3) is 0 Å². The molecule has 1 atom stereocenters. The molecule has 1 rings (SSSR count). The van der Waals surface area contributed by atoms with Crippen molar-refractivity contribution in [2.45, 2.75) is 12.5 Å². The molecular weight excluding hydrogens is 188 g/mol. The first-order valence-electron chi connectivity index (χ1n) is 4.34. The van der Waals surface area contributed by atoms with Gasteiger partial charge in [-0.15, -0.1) is 0 Å². The summed E-state index contributed by atoms with van der Waals surface area (Å²) in [6, 6.07) is -0.0402.